The number of nitrogens with zero attached hydrogens (tertiary/aromatic N) is 1. The molecule has 98 heavy (non-hydrogen) atoms. The first kappa shape index (κ1) is 84.3. The Labute approximate surface area is 600 Å². The number of esters is 1. The number of ether oxygens (including phenoxy) is 7. The number of hydrogen-bond acceptors (Lipinski definition) is 28. The zero-order valence-corrected chi connectivity index (χ0v) is 64.0. The van der Waals surface area contributed by atoms with Gasteiger partial charge in [0.2, 0.25) is 10.2 Å². The van der Waals surface area contributed by atoms with Gasteiger partial charge in [-0.25, -0.2) is 13.7 Å². The molecule has 6 aliphatic rings. The Morgan fingerprint density at radius 3 is 1.57 bits per heavy atom. The molecule has 6 fully saturated rings. The summed E-state index contributed by atoms with van der Waals surface area (Å²) in [5.41, 5.74) is 0. The molecule has 6 aliphatic heterocycles. The average molecular weight is 1500 g/mol. The molecule has 10 radical (unpaired) electrons. The van der Waals surface area contributed by atoms with Gasteiger partial charge in [-0.15, -0.1) is 0 Å². The molecule has 31 nitrogen and oxygen atoms in total. The molecule has 1 amide bonds. The number of carbonyl (C=O) groups excluding carboxylic acids is 2. The number of phosphoric ester groups is 3. The maximum absolute atomic E-state index is 14.0. The first-order chi connectivity index (χ1) is 48.3. The summed E-state index contributed by atoms with van der Waals surface area (Å²) in [5, 5.41) is 51.4. The maximum atomic E-state index is 14.0. The summed E-state index contributed by atoms with van der Waals surface area (Å²) < 4.78 is 168. The number of hydrogen-bond donors (Lipinski definition) is 9. The van der Waals surface area contributed by atoms with Crippen LogP contribution in [0.3, 0.4) is 0 Å². The van der Waals surface area contributed by atoms with E-state index in [4.69, 9.17) is 119 Å². The minimum absolute atomic E-state index is 0. The minimum Gasteiger partial charge on any atom is -0.459 e. The summed E-state index contributed by atoms with van der Waals surface area (Å²) >= 11 is 0. The standard InChI is InChI=1S/C27H49N2O10PSi.C16H31B3O8PSi.C10H17B3O8P.3CH4O.2H2/c1-10-29-23(30)12-13-24(31)37-21-16-18(2)35-22(21)17-34-40(32,33-15-11-14-28)38-25-19(3)36-20(4)26(25)39-41(8,9)27(5,6)7;1-9-13(14(15(17)24-9)27-29(5,6)16(2,3)4)26-28(21,22)23-8-11-10(20)7-12(19-18)25-11;1-4-9(8(15)10(11)19-4)21-22(16,17)18-3-6-5(14)2-7(13-12)20-6;3*1-2;;/h18-22,25-26H,10-13,15-17H2,1-9H3,(H,29,30);9-15,20H,7-8H2,1-6H3,(H,21,22);4-10,14-15H,2-3H2,1H3,(H,16,17);3*2H,1H3;2*1H/t18-,19+,20-,21?,22+,25?,26+,40?;9-,10?,11-,12-,13?,14+,15-;4-,5?,6-,7-,8+,9?,10-;;;;;/m011...../s1/i3D;2*1D;3*2T;;. The van der Waals surface area contributed by atoms with Gasteiger partial charge in [0.05, 0.1) is 109 Å². The highest BCUT2D eigenvalue weighted by Gasteiger charge is 2.53. The van der Waals surface area contributed by atoms with Gasteiger partial charge in [0.25, 0.3) is 0 Å². The smallest absolute Gasteiger partial charge is 0.459 e. The summed E-state index contributed by atoms with van der Waals surface area (Å²) in [5.74, 6) is -0.801. The van der Waals surface area contributed by atoms with E-state index in [1.165, 1.54) is 35.7 Å². The molecule has 562 valence electrons. The second-order valence-electron chi connectivity index (χ2n) is 26.2. The monoisotopic (exact) mass is 1500 g/mol. The van der Waals surface area contributed by atoms with Gasteiger partial charge in [-0.05, 0) is 90.6 Å². The van der Waals surface area contributed by atoms with Crippen LogP contribution < -0.4 is 5.32 Å². The van der Waals surface area contributed by atoms with Crippen molar-refractivity contribution in [1.29, 1.82) is 9.56 Å². The average Bonchev–Trinajstić information content (AvgIpc) is 1.59. The second kappa shape index (κ2) is 43.6. The summed E-state index contributed by atoms with van der Waals surface area (Å²) in [4.78, 5) is 44.1. The molecule has 6 rings (SSSR count). The zero-order chi connectivity index (χ0) is 79.9. The molecule has 0 aromatic heterocycles. The van der Waals surface area contributed by atoms with E-state index in [1.54, 1.807) is 6.92 Å². The number of aliphatic hydroxyl groups is 6. The van der Waals surface area contributed by atoms with Crippen molar-refractivity contribution in [2.24, 2.45) is 0 Å². The molecule has 0 bridgehead atoms. The van der Waals surface area contributed by atoms with Gasteiger partial charge in [-0.3, -0.25) is 41.3 Å². The van der Waals surface area contributed by atoms with E-state index in [1.807, 2.05) is 33.0 Å². The van der Waals surface area contributed by atoms with Crippen LogP contribution in [0.15, 0.2) is 0 Å². The summed E-state index contributed by atoms with van der Waals surface area (Å²) in [6.45, 7) is 24.6. The molecular formula is C56H113B6N2O29P3Si2. The molecule has 9 N–H and O–H groups in total. The molecule has 0 aromatic carbocycles. The van der Waals surface area contributed by atoms with E-state index in [2.05, 4.69) is 75.3 Å². The second-order valence-corrected chi connectivity index (χ2v) is 40.1. The molecule has 24 atom stereocenters. The van der Waals surface area contributed by atoms with Crippen molar-refractivity contribution in [2.75, 3.05) is 54.3 Å². The predicted octanol–water partition coefficient (Wildman–Crippen LogP) is 3.03. The van der Waals surface area contributed by atoms with Crippen molar-refractivity contribution in [3.05, 3.63) is 0 Å². The molecule has 0 saturated carbocycles. The number of rotatable bonds is 29. The molecular weight excluding hydrogens is 1380 g/mol. The van der Waals surface area contributed by atoms with Crippen molar-refractivity contribution in [3.63, 3.8) is 0 Å². The van der Waals surface area contributed by atoms with Gasteiger partial charge in [0.1, 0.15) is 70.6 Å². The Hall–Kier alpha value is -0.977. The highest BCUT2D eigenvalue weighted by molar-refractivity contribution is 7.48. The number of amides is 1. The highest BCUT2D eigenvalue weighted by Crippen LogP contribution is 2.55. The fourth-order valence-electron chi connectivity index (χ4n) is 9.46. The van der Waals surface area contributed by atoms with E-state index in [-0.39, 0.29) is 97.6 Å². The lowest BCUT2D eigenvalue weighted by Crippen LogP contribution is -2.49. The zero-order valence-electron chi connectivity index (χ0n) is 65.3. The minimum atomic E-state index is -4.59. The van der Waals surface area contributed by atoms with E-state index in [0.29, 0.717) is 13.0 Å². The highest BCUT2D eigenvalue weighted by atomic mass is 31.2. The Kier molecular flexibility index (Phi) is 37.5. The molecule has 6 heterocycles. The quantitative estimate of drug-likeness (QED) is 0.0225. The fourth-order valence-corrected chi connectivity index (χ4v) is 15.4. The van der Waals surface area contributed by atoms with Crippen LogP contribution in [0, 0.1) is 11.3 Å². The molecule has 0 spiro atoms. The van der Waals surface area contributed by atoms with E-state index in [0.717, 1.165) is 0 Å². The Morgan fingerprint density at radius 1 is 0.663 bits per heavy atom. The van der Waals surface area contributed by atoms with Crippen LogP contribution in [0.25, 0.3) is 0 Å². The van der Waals surface area contributed by atoms with Gasteiger partial charge >= 0.3 is 29.4 Å². The first-order valence-electron chi connectivity index (χ1n) is 35.1. The Balaban J connectivity index is 0. The van der Waals surface area contributed by atoms with Crippen molar-refractivity contribution in [3.8, 4) is 6.07 Å². The van der Waals surface area contributed by atoms with Crippen molar-refractivity contribution >= 4 is 97.5 Å². The van der Waals surface area contributed by atoms with Gasteiger partial charge in [-0.2, -0.15) is 5.26 Å². The molecule has 9 unspecified atom stereocenters. The van der Waals surface area contributed by atoms with E-state index < -0.39 is 174 Å². The number of carbonyl (C=O) groups is 2. The lowest BCUT2D eigenvalue weighted by Gasteiger charge is -2.40. The predicted molar refractivity (Wildman–Crippen MR) is 373 cm³/mol. The third-order valence-corrected chi connectivity index (χ3v) is 29.1. The third-order valence-electron chi connectivity index (χ3n) is 16.7. The van der Waals surface area contributed by atoms with Gasteiger partial charge in [0.15, 0.2) is 16.6 Å². The van der Waals surface area contributed by atoms with Crippen molar-refractivity contribution in [1.82, 2.24) is 5.32 Å². The fraction of sp³-hybridized carbons (Fsp3) is 0.946. The molecule has 42 heteroatoms. The topological polar surface area (TPSA) is 431 Å². The molecule has 6 saturated heterocycles. The van der Waals surface area contributed by atoms with Crippen LogP contribution in [0.5, 0.6) is 0 Å². The SMILES string of the molecule is [2H]C[C@H]1O[C@@H](C)[C@@H](O[Si](C)(C)C(C)(C)C)C1OP(=O)(OCCC#N)OC[C@H]1O[C@@H](C)CC1OC(=O)CCC(=O)NCC.[2H]C[C@H]1O[C@@H]([B])[C@@H](O)C1OP(=O)(O)OC[C@H]1O[C@@H]([B][B])CC1O.[2H]C[C@H]1O[C@@H]([B])[C@@H](O[Si](C)(C)C(C)(C)C)C1OP(=O)(O)OC[C@H]1O[C@@H]([B][B])CC1O.[3H]OC.[3H]OC.[3H]OC.[HH].[HH]. The van der Waals surface area contributed by atoms with Crippen molar-refractivity contribution in [2.45, 2.75) is 286 Å². The van der Waals surface area contributed by atoms with Crippen LogP contribution >= 0.6 is 23.5 Å². The molecule has 0 aliphatic carbocycles. The van der Waals surface area contributed by atoms with E-state index >= 15 is 0 Å². The first-order valence-corrected chi connectivity index (χ1v) is 42.1. The van der Waals surface area contributed by atoms with Crippen LogP contribution in [0.1, 0.15) is 129 Å². The van der Waals surface area contributed by atoms with Gasteiger partial charge < -0.3 is 87.8 Å². The third kappa shape index (κ3) is 30.5. The lowest BCUT2D eigenvalue weighted by molar-refractivity contribution is -0.153. The van der Waals surface area contributed by atoms with E-state index in [9.17, 15) is 48.4 Å². The number of nitrogens with one attached hydrogen (secondary N) is 1. The summed E-state index contributed by atoms with van der Waals surface area (Å²) in [6.07, 6.45) is -13.4. The normalized spacial score (nSPS) is 34.9. The summed E-state index contributed by atoms with van der Waals surface area (Å²) in [7, 11) is 10.5. The van der Waals surface area contributed by atoms with Crippen LogP contribution in [-0.4, -0.2) is 301 Å². The van der Waals surface area contributed by atoms with Crippen LogP contribution in [0.2, 0.25) is 36.3 Å². The number of phosphoric acid groups is 3. The van der Waals surface area contributed by atoms with Crippen LogP contribution in [-0.2, 0) is 97.0 Å². The van der Waals surface area contributed by atoms with Gasteiger partial charge in [-0.1, -0.05) is 41.5 Å². The summed E-state index contributed by atoms with van der Waals surface area (Å²) in [6, 6.07) is -1.00. The lowest BCUT2D eigenvalue weighted by atomic mass is 9.51. The van der Waals surface area contributed by atoms with Gasteiger partial charge in [0, 0.05) is 87.2 Å². The Bertz CT molecular complexity index is 2670. The Morgan fingerprint density at radius 2 is 1.11 bits per heavy atom. The van der Waals surface area contributed by atoms with Crippen LogP contribution in [0.4, 0.5) is 0 Å². The number of aliphatic hydroxyl groups excluding tert-OH is 6. The maximum Gasteiger partial charge on any atom is 0.475 e. The molecule has 0 aromatic rings. The van der Waals surface area contributed by atoms with Crippen molar-refractivity contribution < 1.29 is 144 Å². The number of nitriles is 1. The largest absolute Gasteiger partial charge is 0.475 e.